The smallest absolute Gasteiger partial charge is 0.159 e. The fourth-order valence-corrected chi connectivity index (χ4v) is 1.84. The van der Waals surface area contributed by atoms with Crippen molar-refractivity contribution >= 4 is 34.1 Å². The van der Waals surface area contributed by atoms with Gasteiger partial charge in [0, 0.05) is 25.4 Å². The van der Waals surface area contributed by atoms with Crippen LogP contribution in [0.2, 0.25) is 0 Å². The standard InChI is InChI=1S/C9H15NO2S2/c1-6(11)8(7(2)12)5-14-9(13)10(3)4/h11H,5H2,1-4H3/b8-6+. The Kier molecular flexibility index (Phi) is 5.79. The number of Topliss-reactive ketones (excluding diaryl/α,β-unsaturated/α-hetero) is 1. The normalized spacial score (nSPS) is 12.0. The molecular formula is C9H15NO2S2. The minimum atomic E-state index is -0.112. The molecule has 0 spiro atoms. The first-order chi connectivity index (χ1) is 6.36. The van der Waals surface area contributed by atoms with Crippen LogP contribution in [0.5, 0.6) is 0 Å². The van der Waals surface area contributed by atoms with E-state index < -0.39 is 0 Å². The monoisotopic (exact) mass is 233 g/mol. The number of carbonyl (C=O) groups is 1. The number of hydrogen-bond acceptors (Lipinski definition) is 4. The lowest BCUT2D eigenvalue weighted by molar-refractivity contribution is -0.113. The second-order valence-corrected chi connectivity index (χ2v) is 4.68. The summed E-state index contributed by atoms with van der Waals surface area (Å²) >= 11 is 6.41. The van der Waals surface area contributed by atoms with E-state index in [-0.39, 0.29) is 11.5 Å². The second-order valence-electron chi connectivity index (χ2n) is 3.07. The van der Waals surface area contributed by atoms with Crippen molar-refractivity contribution in [1.29, 1.82) is 0 Å². The number of hydrogen-bond donors (Lipinski definition) is 1. The number of nitrogens with zero attached hydrogens (tertiary/aromatic N) is 1. The molecule has 3 nitrogen and oxygen atoms in total. The molecule has 0 unspecified atom stereocenters. The first kappa shape index (κ1) is 13.4. The van der Waals surface area contributed by atoms with Crippen molar-refractivity contribution < 1.29 is 9.90 Å². The van der Waals surface area contributed by atoms with E-state index in [4.69, 9.17) is 12.2 Å². The maximum absolute atomic E-state index is 11.1. The van der Waals surface area contributed by atoms with Crippen LogP contribution in [0, 0.1) is 0 Å². The van der Waals surface area contributed by atoms with Crippen LogP contribution in [0.1, 0.15) is 13.8 Å². The number of ketones is 1. The van der Waals surface area contributed by atoms with Gasteiger partial charge < -0.3 is 10.0 Å². The Morgan fingerprint density at radius 3 is 2.21 bits per heavy atom. The maximum Gasteiger partial charge on any atom is 0.159 e. The van der Waals surface area contributed by atoms with Gasteiger partial charge in [0.05, 0.1) is 5.76 Å². The number of allylic oxidation sites excluding steroid dienone is 1. The van der Waals surface area contributed by atoms with Gasteiger partial charge in [-0.2, -0.15) is 0 Å². The summed E-state index contributed by atoms with van der Waals surface area (Å²) in [6, 6.07) is 0. The zero-order valence-electron chi connectivity index (χ0n) is 8.83. The average molecular weight is 233 g/mol. The van der Waals surface area contributed by atoms with Crippen LogP contribution in [0.25, 0.3) is 0 Å². The quantitative estimate of drug-likeness (QED) is 0.458. The largest absolute Gasteiger partial charge is 0.512 e. The lowest BCUT2D eigenvalue weighted by atomic mass is 10.2. The molecule has 0 radical (unpaired) electrons. The Labute approximate surface area is 94.2 Å². The number of aliphatic hydroxyl groups is 1. The predicted octanol–water partition coefficient (Wildman–Crippen LogP) is 1.99. The van der Waals surface area contributed by atoms with Gasteiger partial charge in [0.1, 0.15) is 4.32 Å². The van der Waals surface area contributed by atoms with Gasteiger partial charge in [0.2, 0.25) is 0 Å². The lowest BCUT2D eigenvalue weighted by Gasteiger charge is -2.13. The Balaban J connectivity index is 4.31. The molecular weight excluding hydrogens is 218 g/mol. The van der Waals surface area contributed by atoms with E-state index in [1.807, 2.05) is 14.1 Å². The molecule has 0 aromatic heterocycles. The molecule has 0 heterocycles. The molecule has 1 N–H and O–H groups in total. The molecule has 0 aromatic rings. The summed E-state index contributed by atoms with van der Waals surface area (Å²) < 4.78 is 0.699. The van der Waals surface area contributed by atoms with Gasteiger partial charge in [0.25, 0.3) is 0 Å². The lowest BCUT2D eigenvalue weighted by Crippen LogP contribution is -2.17. The van der Waals surface area contributed by atoms with Crippen LogP contribution in [0.4, 0.5) is 0 Å². The predicted molar refractivity (Wildman–Crippen MR) is 64.8 cm³/mol. The zero-order valence-corrected chi connectivity index (χ0v) is 10.5. The topological polar surface area (TPSA) is 40.5 Å². The molecule has 0 aliphatic carbocycles. The van der Waals surface area contributed by atoms with E-state index in [0.29, 0.717) is 15.6 Å². The SMILES string of the molecule is CC(=O)/C(CSC(=S)N(C)C)=C(\C)O. The summed E-state index contributed by atoms with van der Waals surface area (Å²) in [5.41, 5.74) is 0.430. The summed E-state index contributed by atoms with van der Waals surface area (Å²) in [7, 11) is 3.69. The molecule has 0 bridgehead atoms. The zero-order chi connectivity index (χ0) is 11.3. The average Bonchev–Trinajstić information content (AvgIpc) is 2.02. The van der Waals surface area contributed by atoms with E-state index in [2.05, 4.69) is 0 Å². The highest BCUT2D eigenvalue weighted by atomic mass is 32.2. The van der Waals surface area contributed by atoms with Crippen LogP contribution in [0.3, 0.4) is 0 Å². The molecule has 0 amide bonds. The van der Waals surface area contributed by atoms with E-state index in [1.54, 1.807) is 4.90 Å². The second kappa shape index (κ2) is 6.03. The summed E-state index contributed by atoms with van der Waals surface area (Å²) in [4.78, 5) is 12.9. The summed E-state index contributed by atoms with van der Waals surface area (Å²) in [5, 5.41) is 9.22. The molecule has 0 aromatic carbocycles. The maximum atomic E-state index is 11.1. The summed E-state index contributed by atoms with van der Waals surface area (Å²) in [6.07, 6.45) is 0. The van der Waals surface area contributed by atoms with E-state index >= 15 is 0 Å². The fourth-order valence-electron chi connectivity index (χ4n) is 0.724. The van der Waals surface area contributed by atoms with Crippen molar-refractivity contribution in [1.82, 2.24) is 4.90 Å². The first-order valence-electron chi connectivity index (χ1n) is 4.10. The van der Waals surface area contributed by atoms with Crippen molar-refractivity contribution in [3.05, 3.63) is 11.3 Å². The van der Waals surface area contributed by atoms with Crippen molar-refractivity contribution in [3.63, 3.8) is 0 Å². The molecule has 0 aliphatic rings. The number of thiocarbonyl (C=S) groups is 1. The van der Waals surface area contributed by atoms with Crippen LogP contribution in [-0.4, -0.2) is 40.0 Å². The van der Waals surface area contributed by atoms with Gasteiger partial charge in [-0.15, -0.1) is 0 Å². The first-order valence-corrected chi connectivity index (χ1v) is 5.49. The molecule has 80 valence electrons. The molecule has 14 heavy (non-hydrogen) atoms. The minimum Gasteiger partial charge on any atom is -0.512 e. The van der Waals surface area contributed by atoms with Gasteiger partial charge in [0.15, 0.2) is 5.78 Å². The number of carbonyl (C=O) groups excluding carboxylic acids is 1. The highest BCUT2D eigenvalue weighted by molar-refractivity contribution is 8.23. The van der Waals surface area contributed by atoms with E-state index in [9.17, 15) is 9.90 Å². The van der Waals surface area contributed by atoms with Crippen molar-refractivity contribution in [3.8, 4) is 0 Å². The Morgan fingerprint density at radius 1 is 1.43 bits per heavy atom. The Bertz CT molecular complexity index is 268. The number of rotatable bonds is 3. The molecule has 0 aliphatic heterocycles. The third kappa shape index (κ3) is 4.62. The molecule has 0 fully saturated rings. The highest BCUT2D eigenvalue weighted by Crippen LogP contribution is 2.14. The van der Waals surface area contributed by atoms with E-state index in [1.165, 1.54) is 25.6 Å². The molecule has 0 rings (SSSR count). The number of thioether (sulfide) groups is 1. The van der Waals surface area contributed by atoms with Crippen LogP contribution in [-0.2, 0) is 4.79 Å². The Morgan fingerprint density at radius 2 is 1.93 bits per heavy atom. The van der Waals surface area contributed by atoms with Crippen LogP contribution < -0.4 is 0 Å². The van der Waals surface area contributed by atoms with Gasteiger partial charge in [-0.1, -0.05) is 24.0 Å². The van der Waals surface area contributed by atoms with Gasteiger partial charge >= 0.3 is 0 Å². The third-order valence-electron chi connectivity index (χ3n) is 1.57. The van der Waals surface area contributed by atoms with Gasteiger partial charge in [-0.25, -0.2) is 0 Å². The summed E-state index contributed by atoms with van der Waals surface area (Å²) in [6.45, 7) is 2.95. The van der Waals surface area contributed by atoms with Crippen LogP contribution >= 0.6 is 24.0 Å². The summed E-state index contributed by atoms with van der Waals surface area (Å²) in [5.74, 6) is 0.389. The third-order valence-corrected chi connectivity index (χ3v) is 3.33. The minimum absolute atomic E-state index is 0.0755. The van der Waals surface area contributed by atoms with Crippen LogP contribution in [0.15, 0.2) is 11.3 Å². The van der Waals surface area contributed by atoms with Crippen molar-refractivity contribution in [2.24, 2.45) is 0 Å². The highest BCUT2D eigenvalue weighted by Gasteiger charge is 2.10. The van der Waals surface area contributed by atoms with E-state index in [0.717, 1.165) is 0 Å². The number of aliphatic hydroxyl groups excluding tert-OH is 1. The molecule has 5 heteroatoms. The van der Waals surface area contributed by atoms with Gasteiger partial charge in [-0.3, -0.25) is 4.79 Å². The Hall–Kier alpha value is -0.550. The van der Waals surface area contributed by atoms with Gasteiger partial charge in [-0.05, 0) is 13.8 Å². The molecule has 0 saturated heterocycles. The van der Waals surface area contributed by atoms with Crippen molar-refractivity contribution in [2.45, 2.75) is 13.8 Å². The fraction of sp³-hybridized carbons (Fsp3) is 0.556. The molecule has 0 saturated carbocycles. The molecule has 0 atom stereocenters. The van der Waals surface area contributed by atoms with Crippen molar-refractivity contribution in [2.75, 3.05) is 19.8 Å².